The molecule has 1 aromatic rings. The first-order chi connectivity index (χ1) is 8.73. The Balaban J connectivity index is 2.34. The highest BCUT2D eigenvalue weighted by molar-refractivity contribution is 9.08. The van der Waals surface area contributed by atoms with Crippen LogP contribution in [-0.2, 0) is 11.5 Å². The van der Waals surface area contributed by atoms with Crippen molar-refractivity contribution in [3.8, 4) is 0 Å². The number of alkyl halides is 4. The van der Waals surface area contributed by atoms with Gasteiger partial charge in [-0.1, -0.05) is 35.8 Å². The van der Waals surface area contributed by atoms with E-state index in [1.165, 1.54) is 6.07 Å². The van der Waals surface area contributed by atoms with Crippen LogP contribution in [0.1, 0.15) is 31.4 Å². The molecule has 0 N–H and O–H groups in total. The molecule has 1 aromatic carbocycles. The molecule has 0 radical (unpaired) electrons. The molecule has 5 heteroatoms. The van der Waals surface area contributed by atoms with E-state index in [4.69, 9.17) is 0 Å². The van der Waals surface area contributed by atoms with E-state index >= 15 is 0 Å². The van der Waals surface area contributed by atoms with Gasteiger partial charge in [-0.05, 0) is 29.5 Å². The zero-order valence-corrected chi connectivity index (χ0v) is 12.6. The number of benzene rings is 1. The van der Waals surface area contributed by atoms with Crippen LogP contribution < -0.4 is 4.90 Å². The summed E-state index contributed by atoms with van der Waals surface area (Å²) < 4.78 is 39.0. The summed E-state index contributed by atoms with van der Waals surface area (Å²) in [5, 5.41) is 0.216. The quantitative estimate of drug-likeness (QED) is 0.699. The van der Waals surface area contributed by atoms with E-state index in [0.717, 1.165) is 19.5 Å². The van der Waals surface area contributed by atoms with Gasteiger partial charge in [-0.25, -0.2) is 0 Å². The monoisotopic (exact) mass is 335 g/mol. The first kappa shape index (κ1) is 14.7. The van der Waals surface area contributed by atoms with Crippen LogP contribution in [0.3, 0.4) is 0 Å². The number of hydrogen-bond acceptors (Lipinski definition) is 1. The summed E-state index contributed by atoms with van der Waals surface area (Å²) in [7, 11) is 0. The molecule has 1 saturated heterocycles. The summed E-state index contributed by atoms with van der Waals surface area (Å²) in [6.07, 6.45) is -3.29. The summed E-state index contributed by atoms with van der Waals surface area (Å²) in [6, 6.07) is 4.63. The second-order valence-electron chi connectivity index (χ2n) is 5.81. The standard InChI is InChI=1S/C14H17BrF3N/c1-13(2)5-6-19(9-13)11-4-3-10(8-15)12(7-11)14(16,17)18/h3-4,7H,5-6,8-9H2,1-2H3. The maximum Gasteiger partial charge on any atom is 0.416 e. The van der Waals surface area contributed by atoms with Gasteiger partial charge in [-0.15, -0.1) is 0 Å². The summed E-state index contributed by atoms with van der Waals surface area (Å²) in [4.78, 5) is 2.03. The van der Waals surface area contributed by atoms with Gasteiger partial charge >= 0.3 is 6.18 Å². The van der Waals surface area contributed by atoms with Crippen molar-refractivity contribution in [1.29, 1.82) is 0 Å². The molecule has 2 rings (SSSR count). The number of rotatable bonds is 2. The molecule has 0 saturated carbocycles. The highest BCUT2D eigenvalue weighted by Crippen LogP contribution is 2.38. The van der Waals surface area contributed by atoms with Gasteiger partial charge in [0.25, 0.3) is 0 Å². The molecule has 1 aliphatic heterocycles. The summed E-state index contributed by atoms with van der Waals surface area (Å²) in [5.74, 6) is 0. The van der Waals surface area contributed by atoms with E-state index in [0.29, 0.717) is 5.69 Å². The summed E-state index contributed by atoms with van der Waals surface area (Å²) >= 11 is 3.11. The lowest BCUT2D eigenvalue weighted by atomic mass is 9.93. The van der Waals surface area contributed by atoms with Gasteiger partial charge in [0.1, 0.15) is 0 Å². The molecule has 1 fully saturated rings. The minimum atomic E-state index is -4.30. The molecular weight excluding hydrogens is 319 g/mol. The van der Waals surface area contributed by atoms with Crippen molar-refractivity contribution in [2.75, 3.05) is 18.0 Å². The maximum absolute atomic E-state index is 13.0. The molecular formula is C14H17BrF3N. The summed E-state index contributed by atoms with van der Waals surface area (Å²) in [6.45, 7) is 5.91. The smallest absolute Gasteiger partial charge is 0.371 e. The minimum Gasteiger partial charge on any atom is -0.371 e. The average molecular weight is 336 g/mol. The zero-order chi connectivity index (χ0) is 14.3. The van der Waals surface area contributed by atoms with Crippen molar-refractivity contribution in [2.45, 2.75) is 31.8 Å². The second kappa shape index (κ2) is 5.00. The fourth-order valence-corrected chi connectivity index (χ4v) is 2.96. The maximum atomic E-state index is 13.0. The van der Waals surface area contributed by atoms with Crippen molar-refractivity contribution in [2.24, 2.45) is 5.41 Å². The van der Waals surface area contributed by atoms with Crippen LogP contribution in [0.5, 0.6) is 0 Å². The van der Waals surface area contributed by atoms with Gasteiger partial charge in [-0.3, -0.25) is 0 Å². The molecule has 1 heterocycles. The van der Waals surface area contributed by atoms with E-state index in [-0.39, 0.29) is 16.3 Å². The predicted octanol–water partition coefficient (Wildman–Crippen LogP) is 4.84. The average Bonchev–Trinajstić information content (AvgIpc) is 2.68. The van der Waals surface area contributed by atoms with E-state index in [1.807, 2.05) is 4.90 Å². The third-order valence-corrected chi connectivity index (χ3v) is 4.19. The highest BCUT2D eigenvalue weighted by atomic mass is 79.9. The first-order valence-electron chi connectivity index (χ1n) is 6.24. The van der Waals surface area contributed by atoms with Crippen molar-refractivity contribution < 1.29 is 13.2 Å². The molecule has 0 unspecified atom stereocenters. The van der Waals surface area contributed by atoms with Crippen molar-refractivity contribution in [3.63, 3.8) is 0 Å². The minimum absolute atomic E-state index is 0.173. The number of hydrogen-bond donors (Lipinski definition) is 0. The molecule has 0 amide bonds. The molecule has 106 valence electrons. The van der Waals surface area contributed by atoms with Gasteiger partial charge < -0.3 is 4.90 Å². The van der Waals surface area contributed by atoms with Crippen LogP contribution in [0.25, 0.3) is 0 Å². The third-order valence-electron chi connectivity index (χ3n) is 3.59. The zero-order valence-electron chi connectivity index (χ0n) is 11.0. The number of nitrogens with zero attached hydrogens (tertiary/aromatic N) is 1. The Kier molecular flexibility index (Phi) is 3.87. The van der Waals surface area contributed by atoms with Gasteiger partial charge in [0.15, 0.2) is 0 Å². The van der Waals surface area contributed by atoms with Crippen molar-refractivity contribution >= 4 is 21.6 Å². The van der Waals surface area contributed by atoms with Crippen LogP contribution in [-0.4, -0.2) is 13.1 Å². The Labute approximate surface area is 119 Å². The normalized spacial score (nSPS) is 18.9. The second-order valence-corrected chi connectivity index (χ2v) is 6.37. The first-order valence-corrected chi connectivity index (χ1v) is 7.36. The van der Waals surface area contributed by atoms with Crippen molar-refractivity contribution in [3.05, 3.63) is 29.3 Å². The SMILES string of the molecule is CC1(C)CCN(c2ccc(CBr)c(C(F)(F)F)c2)C1. The Bertz CT molecular complexity index is 468. The Morgan fingerprint density at radius 2 is 2.00 bits per heavy atom. The fraction of sp³-hybridized carbons (Fsp3) is 0.571. The van der Waals surface area contributed by atoms with E-state index in [1.54, 1.807) is 12.1 Å². The molecule has 0 aromatic heterocycles. The lowest BCUT2D eigenvalue weighted by molar-refractivity contribution is -0.138. The van der Waals surface area contributed by atoms with Crippen LogP contribution in [0.4, 0.5) is 18.9 Å². The largest absolute Gasteiger partial charge is 0.416 e. The number of anilines is 1. The predicted molar refractivity (Wildman–Crippen MR) is 74.7 cm³/mol. The van der Waals surface area contributed by atoms with Gasteiger partial charge in [-0.2, -0.15) is 13.2 Å². The highest BCUT2D eigenvalue weighted by Gasteiger charge is 2.35. The fourth-order valence-electron chi connectivity index (χ4n) is 2.47. The third kappa shape index (κ3) is 3.25. The number of halogens is 4. The molecule has 1 aliphatic rings. The van der Waals surface area contributed by atoms with Gasteiger partial charge in [0, 0.05) is 24.1 Å². The molecule has 0 atom stereocenters. The Morgan fingerprint density at radius 1 is 1.32 bits per heavy atom. The lowest BCUT2D eigenvalue weighted by Gasteiger charge is -2.23. The van der Waals surface area contributed by atoms with Crippen LogP contribution >= 0.6 is 15.9 Å². The Hall–Kier alpha value is -0.710. The molecule has 0 bridgehead atoms. The van der Waals surface area contributed by atoms with E-state index in [2.05, 4.69) is 29.8 Å². The molecule has 0 spiro atoms. The van der Waals surface area contributed by atoms with Crippen LogP contribution in [0.15, 0.2) is 18.2 Å². The van der Waals surface area contributed by atoms with Gasteiger partial charge in [0.05, 0.1) is 5.56 Å². The van der Waals surface area contributed by atoms with E-state index in [9.17, 15) is 13.2 Å². The Morgan fingerprint density at radius 3 is 2.47 bits per heavy atom. The lowest BCUT2D eigenvalue weighted by Crippen LogP contribution is -2.23. The van der Waals surface area contributed by atoms with Gasteiger partial charge in [0.2, 0.25) is 0 Å². The van der Waals surface area contributed by atoms with E-state index < -0.39 is 11.7 Å². The molecule has 0 aliphatic carbocycles. The topological polar surface area (TPSA) is 3.24 Å². The van der Waals surface area contributed by atoms with Crippen LogP contribution in [0.2, 0.25) is 0 Å². The molecule has 19 heavy (non-hydrogen) atoms. The van der Waals surface area contributed by atoms with Crippen molar-refractivity contribution in [1.82, 2.24) is 0 Å². The van der Waals surface area contributed by atoms with Crippen LogP contribution in [0, 0.1) is 5.41 Å². The summed E-state index contributed by atoms with van der Waals surface area (Å²) in [5.41, 5.74) is 0.593. The molecule has 1 nitrogen and oxygen atoms in total.